The standard InChI is InChI=1S/C24H26N4O4/c1-3-32-24(30)18-8-10-20(11-9-18)26-23(29)19(16-25)17-27-12-14-28(15-13-27)21-6-4-5-7-22(21)31-2/h4-11,17H,3,12-15H2,1-2H3,(H,26,29)/b19-17-. The number of ether oxygens (including phenoxy) is 2. The lowest BCUT2D eigenvalue weighted by atomic mass is 10.2. The van der Waals surface area contributed by atoms with Crippen LogP contribution in [0.5, 0.6) is 5.75 Å². The molecule has 0 spiro atoms. The first-order valence-corrected chi connectivity index (χ1v) is 10.4. The van der Waals surface area contributed by atoms with Crippen molar-refractivity contribution in [3.63, 3.8) is 0 Å². The van der Waals surface area contributed by atoms with E-state index in [9.17, 15) is 14.9 Å². The first-order chi connectivity index (χ1) is 15.5. The summed E-state index contributed by atoms with van der Waals surface area (Å²) in [6.07, 6.45) is 1.60. The van der Waals surface area contributed by atoms with Gasteiger partial charge in [-0.1, -0.05) is 12.1 Å². The van der Waals surface area contributed by atoms with Gasteiger partial charge in [0.15, 0.2) is 0 Å². The number of hydrogen-bond donors (Lipinski definition) is 1. The molecule has 2 aromatic rings. The number of amides is 1. The van der Waals surface area contributed by atoms with Gasteiger partial charge in [-0.05, 0) is 43.3 Å². The van der Waals surface area contributed by atoms with Gasteiger partial charge in [0.05, 0.1) is 25.0 Å². The highest BCUT2D eigenvalue weighted by Crippen LogP contribution is 2.28. The number of nitrogens with zero attached hydrogens (tertiary/aromatic N) is 3. The van der Waals surface area contributed by atoms with E-state index in [1.165, 1.54) is 0 Å². The Morgan fingerprint density at radius 2 is 1.78 bits per heavy atom. The van der Waals surface area contributed by atoms with Crippen LogP contribution in [0, 0.1) is 11.3 Å². The molecular weight excluding hydrogens is 408 g/mol. The van der Waals surface area contributed by atoms with E-state index in [0.717, 1.165) is 24.5 Å². The zero-order chi connectivity index (χ0) is 22.9. The summed E-state index contributed by atoms with van der Waals surface area (Å²) in [5, 5.41) is 12.2. The summed E-state index contributed by atoms with van der Waals surface area (Å²) in [4.78, 5) is 28.5. The molecule has 166 valence electrons. The summed E-state index contributed by atoms with van der Waals surface area (Å²) in [7, 11) is 1.65. The van der Waals surface area contributed by atoms with E-state index in [1.54, 1.807) is 44.5 Å². The smallest absolute Gasteiger partial charge is 0.338 e. The van der Waals surface area contributed by atoms with Crippen LogP contribution in [-0.4, -0.2) is 56.7 Å². The molecule has 1 aliphatic heterocycles. The molecule has 0 aromatic heterocycles. The molecule has 1 aliphatic rings. The molecule has 1 heterocycles. The van der Waals surface area contributed by atoms with Crippen molar-refractivity contribution in [3.05, 3.63) is 65.9 Å². The first-order valence-electron chi connectivity index (χ1n) is 10.4. The van der Waals surface area contributed by atoms with Crippen LogP contribution in [0.4, 0.5) is 11.4 Å². The largest absolute Gasteiger partial charge is 0.495 e. The molecule has 3 rings (SSSR count). The molecular formula is C24H26N4O4. The number of piperazine rings is 1. The van der Waals surface area contributed by atoms with Crippen molar-refractivity contribution >= 4 is 23.3 Å². The van der Waals surface area contributed by atoms with E-state index >= 15 is 0 Å². The maximum atomic E-state index is 12.6. The van der Waals surface area contributed by atoms with Crippen LogP contribution in [0.1, 0.15) is 17.3 Å². The van der Waals surface area contributed by atoms with Gasteiger partial charge >= 0.3 is 5.97 Å². The highest BCUT2D eigenvalue weighted by Gasteiger charge is 2.20. The number of benzene rings is 2. The summed E-state index contributed by atoms with van der Waals surface area (Å²) in [6, 6.07) is 16.2. The van der Waals surface area contributed by atoms with E-state index < -0.39 is 11.9 Å². The minimum atomic E-state index is -0.497. The fraction of sp³-hybridized carbons (Fsp3) is 0.292. The van der Waals surface area contributed by atoms with Gasteiger partial charge in [0, 0.05) is 38.1 Å². The molecule has 0 unspecified atom stereocenters. The number of anilines is 2. The number of hydrogen-bond acceptors (Lipinski definition) is 7. The summed E-state index contributed by atoms with van der Waals surface area (Å²) in [5.74, 6) is -0.0960. The summed E-state index contributed by atoms with van der Waals surface area (Å²) in [5.41, 5.74) is 1.94. The summed E-state index contributed by atoms with van der Waals surface area (Å²) < 4.78 is 10.4. The number of nitrogens with one attached hydrogen (secondary N) is 1. The average Bonchev–Trinajstić information content (AvgIpc) is 2.83. The normalized spacial score (nSPS) is 13.8. The predicted molar refractivity (Wildman–Crippen MR) is 122 cm³/mol. The molecule has 0 radical (unpaired) electrons. The molecule has 0 atom stereocenters. The van der Waals surface area contributed by atoms with Gasteiger partial charge < -0.3 is 24.6 Å². The Labute approximate surface area is 187 Å². The topological polar surface area (TPSA) is 94.9 Å². The molecule has 0 aliphatic carbocycles. The van der Waals surface area contributed by atoms with Gasteiger partial charge in [-0.2, -0.15) is 5.26 Å². The third-order valence-electron chi connectivity index (χ3n) is 5.07. The molecule has 1 fully saturated rings. The van der Waals surface area contributed by atoms with Gasteiger partial charge in [0.2, 0.25) is 0 Å². The maximum absolute atomic E-state index is 12.6. The van der Waals surface area contributed by atoms with Gasteiger partial charge in [0.1, 0.15) is 17.4 Å². The lowest BCUT2D eigenvalue weighted by Gasteiger charge is -2.36. The lowest BCUT2D eigenvalue weighted by molar-refractivity contribution is -0.112. The second kappa shape index (κ2) is 10.9. The van der Waals surface area contributed by atoms with Crippen LogP contribution in [0.15, 0.2) is 60.3 Å². The molecule has 1 saturated heterocycles. The Balaban J connectivity index is 1.59. The van der Waals surface area contributed by atoms with E-state index in [2.05, 4.69) is 10.2 Å². The second-order valence-corrected chi connectivity index (χ2v) is 7.10. The van der Waals surface area contributed by atoms with Gasteiger partial charge in [-0.15, -0.1) is 0 Å². The van der Waals surface area contributed by atoms with Crippen molar-refractivity contribution in [1.29, 1.82) is 5.26 Å². The molecule has 8 heteroatoms. The fourth-order valence-electron chi connectivity index (χ4n) is 3.41. The van der Waals surface area contributed by atoms with E-state index in [-0.39, 0.29) is 5.57 Å². The summed E-state index contributed by atoms with van der Waals surface area (Å²) in [6.45, 7) is 4.86. The first kappa shape index (κ1) is 22.7. The highest BCUT2D eigenvalue weighted by atomic mass is 16.5. The van der Waals surface area contributed by atoms with Crippen molar-refractivity contribution in [3.8, 4) is 11.8 Å². The van der Waals surface area contributed by atoms with Crippen LogP contribution < -0.4 is 15.0 Å². The van der Waals surface area contributed by atoms with E-state index in [1.807, 2.05) is 35.2 Å². The predicted octanol–water partition coefficient (Wildman–Crippen LogP) is 3.04. The van der Waals surface area contributed by atoms with Gasteiger partial charge in [0.25, 0.3) is 5.91 Å². The highest BCUT2D eigenvalue weighted by molar-refractivity contribution is 6.06. The third kappa shape index (κ3) is 5.58. The quantitative estimate of drug-likeness (QED) is 0.407. The number of esters is 1. The SMILES string of the molecule is CCOC(=O)c1ccc(NC(=O)/C(C#N)=C\N2CCN(c3ccccc3OC)CC2)cc1. The van der Waals surface area contributed by atoms with Crippen LogP contribution >= 0.6 is 0 Å². The van der Waals surface area contributed by atoms with Gasteiger partial charge in [-0.3, -0.25) is 4.79 Å². The number of carbonyl (C=O) groups excluding carboxylic acids is 2. The Morgan fingerprint density at radius 3 is 2.41 bits per heavy atom. The number of methoxy groups -OCH3 is 1. The zero-order valence-electron chi connectivity index (χ0n) is 18.2. The van der Waals surface area contributed by atoms with E-state index in [0.29, 0.717) is 30.9 Å². The number of carbonyl (C=O) groups is 2. The van der Waals surface area contributed by atoms with Crippen molar-refractivity contribution in [2.75, 3.05) is 50.1 Å². The van der Waals surface area contributed by atoms with Crippen molar-refractivity contribution in [2.24, 2.45) is 0 Å². The number of rotatable bonds is 7. The maximum Gasteiger partial charge on any atom is 0.338 e. The minimum Gasteiger partial charge on any atom is -0.495 e. The van der Waals surface area contributed by atoms with Crippen LogP contribution in [-0.2, 0) is 9.53 Å². The Bertz CT molecular complexity index is 1020. The molecule has 32 heavy (non-hydrogen) atoms. The summed E-state index contributed by atoms with van der Waals surface area (Å²) >= 11 is 0. The van der Waals surface area contributed by atoms with Crippen molar-refractivity contribution in [2.45, 2.75) is 6.92 Å². The fourth-order valence-corrected chi connectivity index (χ4v) is 3.41. The monoisotopic (exact) mass is 434 g/mol. The van der Waals surface area contributed by atoms with Crippen LogP contribution in [0.3, 0.4) is 0 Å². The molecule has 2 aromatic carbocycles. The Hall–Kier alpha value is -3.99. The second-order valence-electron chi connectivity index (χ2n) is 7.10. The van der Waals surface area contributed by atoms with Crippen molar-refractivity contribution in [1.82, 2.24) is 4.90 Å². The van der Waals surface area contributed by atoms with Crippen LogP contribution in [0.2, 0.25) is 0 Å². The lowest BCUT2D eigenvalue weighted by Crippen LogP contribution is -2.44. The number of nitriles is 1. The third-order valence-corrected chi connectivity index (χ3v) is 5.07. The molecule has 1 amide bonds. The van der Waals surface area contributed by atoms with E-state index in [4.69, 9.17) is 9.47 Å². The molecule has 0 saturated carbocycles. The van der Waals surface area contributed by atoms with Gasteiger partial charge in [-0.25, -0.2) is 4.79 Å². The molecule has 1 N–H and O–H groups in total. The Morgan fingerprint density at radius 1 is 1.09 bits per heavy atom. The van der Waals surface area contributed by atoms with Crippen molar-refractivity contribution < 1.29 is 19.1 Å². The molecule has 8 nitrogen and oxygen atoms in total. The zero-order valence-corrected chi connectivity index (χ0v) is 18.2. The molecule has 0 bridgehead atoms. The Kier molecular flexibility index (Phi) is 7.70. The average molecular weight is 434 g/mol. The number of para-hydroxylation sites is 2. The minimum absolute atomic E-state index is 0.0187. The van der Waals surface area contributed by atoms with Crippen LogP contribution in [0.25, 0.3) is 0 Å².